The van der Waals surface area contributed by atoms with Gasteiger partial charge < -0.3 is 5.11 Å². The lowest BCUT2D eigenvalue weighted by molar-refractivity contribution is 0.0646. The van der Waals surface area contributed by atoms with Crippen LogP contribution in [0.3, 0.4) is 0 Å². The van der Waals surface area contributed by atoms with E-state index in [2.05, 4.69) is 67.5 Å². The Kier molecular flexibility index (Phi) is 6.00. The highest BCUT2D eigenvalue weighted by molar-refractivity contribution is 5.32. The number of hydrogen-bond donors (Lipinski definition) is 2. The molecule has 2 N–H and O–H groups in total. The highest BCUT2D eigenvalue weighted by Gasteiger charge is 2.34. The van der Waals surface area contributed by atoms with Gasteiger partial charge in [0.15, 0.2) is 0 Å². The molecule has 3 nitrogen and oxygen atoms in total. The average Bonchev–Trinajstić information content (AvgIpc) is 2.64. The van der Waals surface area contributed by atoms with E-state index in [-0.39, 0.29) is 5.66 Å². The number of rotatable bonds is 6. The molecule has 0 heterocycles. The molecule has 3 heteroatoms. The van der Waals surface area contributed by atoms with Crippen molar-refractivity contribution < 1.29 is 5.11 Å². The van der Waals surface area contributed by atoms with Crippen LogP contribution in [0.15, 0.2) is 54.6 Å². The van der Waals surface area contributed by atoms with Crippen LogP contribution in [0.2, 0.25) is 0 Å². The fraction of sp³-hybridized carbons (Fsp3) is 0.478. The van der Waals surface area contributed by atoms with Crippen LogP contribution < -0.4 is 5.32 Å². The quantitative estimate of drug-likeness (QED) is 0.729. The molecule has 0 aliphatic heterocycles. The molecule has 0 aromatic heterocycles. The van der Waals surface area contributed by atoms with Gasteiger partial charge in [-0.15, -0.1) is 0 Å². The van der Waals surface area contributed by atoms with Gasteiger partial charge in [-0.2, -0.15) is 0 Å². The maximum Gasteiger partial charge on any atom is 0.115 e. The zero-order valence-corrected chi connectivity index (χ0v) is 16.3. The number of phenols is 1. The minimum absolute atomic E-state index is 0.320. The summed E-state index contributed by atoms with van der Waals surface area (Å²) in [5.41, 5.74) is 2.06. The van der Waals surface area contributed by atoms with Gasteiger partial charge in [0, 0.05) is 12.6 Å². The van der Waals surface area contributed by atoms with Gasteiger partial charge in [-0.25, -0.2) is 0 Å². The van der Waals surface area contributed by atoms with Crippen LogP contribution in [0.5, 0.6) is 5.75 Å². The van der Waals surface area contributed by atoms with E-state index in [1.807, 2.05) is 12.1 Å². The Balaban J connectivity index is 1.85. The summed E-state index contributed by atoms with van der Waals surface area (Å²) >= 11 is 0. The molecule has 3 rings (SSSR count). The van der Waals surface area contributed by atoms with Gasteiger partial charge in [-0.05, 0) is 68.8 Å². The Bertz CT molecular complexity index is 694. The zero-order chi connectivity index (χ0) is 18.6. The van der Waals surface area contributed by atoms with E-state index in [4.69, 9.17) is 0 Å². The molecule has 1 fully saturated rings. The van der Waals surface area contributed by atoms with Gasteiger partial charge in [0.1, 0.15) is 5.75 Å². The zero-order valence-electron chi connectivity index (χ0n) is 16.3. The summed E-state index contributed by atoms with van der Waals surface area (Å²) in [6.45, 7) is 5.44. The monoisotopic (exact) mass is 352 g/mol. The van der Waals surface area contributed by atoms with Gasteiger partial charge in [-0.3, -0.25) is 10.2 Å². The van der Waals surface area contributed by atoms with Crippen molar-refractivity contribution in [2.24, 2.45) is 5.92 Å². The molecule has 1 aliphatic carbocycles. The van der Waals surface area contributed by atoms with Crippen molar-refractivity contribution in [3.63, 3.8) is 0 Å². The second-order valence-electron chi connectivity index (χ2n) is 8.07. The molecule has 0 saturated heterocycles. The SMILES string of the molecule is CC1CCC(NC(C)(c2cccc(O)c2)N(C)Cc2ccccc2)CC1. The number of hydrogen-bond acceptors (Lipinski definition) is 3. The molecule has 0 radical (unpaired) electrons. The molecule has 2 aromatic rings. The molecular weight excluding hydrogens is 320 g/mol. The summed E-state index contributed by atoms with van der Waals surface area (Å²) < 4.78 is 0. The Hall–Kier alpha value is -1.84. The van der Waals surface area contributed by atoms with E-state index >= 15 is 0 Å². The molecular formula is C23H32N2O. The third-order valence-corrected chi connectivity index (χ3v) is 5.94. The Morgan fingerprint density at radius 2 is 1.73 bits per heavy atom. The van der Waals surface area contributed by atoms with Crippen LogP contribution in [0, 0.1) is 5.92 Å². The number of aromatic hydroxyl groups is 1. The smallest absolute Gasteiger partial charge is 0.115 e. The highest BCUT2D eigenvalue weighted by Crippen LogP contribution is 2.32. The molecule has 140 valence electrons. The first kappa shape index (κ1) is 18.9. The maximum absolute atomic E-state index is 10.0. The van der Waals surface area contributed by atoms with Crippen LogP contribution in [-0.4, -0.2) is 23.1 Å². The molecule has 0 bridgehead atoms. The highest BCUT2D eigenvalue weighted by atomic mass is 16.3. The summed E-state index contributed by atoms with van der Waals surface area (Å²) in [7, 11) is 2.16. The Morgan fingerprint density at radius 1 is 1.04 bits per heavy atom. The normalized spacial score (nSPS) is 22.9. The number of nitrogens with zero attached hydrogens (tertiary/aromatic N) is 1. The summed E-state index contributed by atoms with van der Waals surface area (Å²) in [6.07, 6.45) is 5.01. The van der Waals surface area contributed by atoms with E-state index in [9.17, 15) is 5.11 Å². The number of nitrogens with one attached hydrogen (secondary N) is 1. The van der Waals surface area contributed by atoms with Crippen molar-refractivity contribution in [1.82, 2.24) is 10.2 Å². The summed E-state index contributed by atoms with van der Waals surface area (Å²) in [6, 6.07) is 18.8. The summed E-state index contributed by atoms with van der Waals surface area (Å²) in [5, 5.41) is 14.0. The summed E-state index contributed by atoms with van der Waals surface area (Å²) in [4.78, 5) is 2.36. The van der Waals surface area contributed by atoms with Crippen LogP contribution >= 0.6 is 0 Å². The van der Waals surface area contributed by atoms with Gasteiger partial charge in [0.2, 0.25) is 0 Å². The van der Waals surface area contributed by atoms with Gasteiger partial charge in [0.25, 0.3) is 0 Å². The first-order valence-electron chi connectivity index (χ1n) is 9.80. The lowest BCUT2D eigenvalue weighted by Gasteiger charge is -2.44. The number of benzene rings is 2. The molecule has 1 unspecified atom stereocenters. The topological polar surface area (TPSA) is 35.5 Å². The average molecular weight is 353 g/mol. The van der Waals surface area contributed by atoms with Crippen LogP contribution in [0.25, 0.3) is 0 Å². The lowest BCUT2D eigenvalue weighted by atomic mass is 9.86. The van der Waals surface area contributed by atoms with Gasteiger partial charge >= 0.3 is 0 Å². The first-order chi connectivity index (χ1) is 12.5. The van der Waals surface area contributed by atoms with Crippen molar-refractivity contribution in [3.8, 4) is 5.75 Å². The second kappa shape index (κ2) is 8.24. The molecule has 1 aliphatic rings. The van der Waals surface area contributed by atoms with Crippen molar-refractivity contribution >= 4 is 0 Å². The van der Waals surface area contributed by atoms with Gasteiger partial charge in [-0.1, -0.05) is 49.4 Å². The Morgan fingerprint density at radius 3 is 2.38 bits per heavy atom. The fourth-order valence-electron chi connectivity index (χ4n) is 4.04. The third-order valence-electron chi connectivity index (χ3n) is 5.94. The second-order valence-corrected chi connectivity index (χ2v) is 8.07. The van der Waals surface area contributed by atoms with Crippen molar-refractivity contribution in [2.45, 2.75) is 57.8 Å². The number of phenolic OH excluding ortho intramolecular Hbond substituents is 1. The van der Waals surface area contributed by atoms with E-state index < -0.39 is 0 Å². The van der Waals surface area contributed by atoms with E-state index in [0.29, 0.717) is 11.8 Å². The maximum atomic E-state index is 10.0. The van der Waals surface area contributed by atoms with Gasteiger partial charge in [0.05, 0.1) is 5.66 Å². The van der Waals surface area contributed by atoms with Crippen LogP contribution in [-0.2, 0) is 12.2 Å². The molecule has 0 amide bonds. The molecule has 1 atom stereocenters. The molecule has 26 heavy (non-hydrogen) atoms. The first-order valence-corrected chi connectivity index (χ1v) is 9.80. The van der Waals surface area contributed by atoms with Crippen molar-refractivity contribution in [2.75, 3.05) is 7.05 Å². The predicted molar refractivity (Wildman–Crippen MR) is 108 cm³/mol. The largest absolute Gasteiger partial charge is 0.508 e. The van der Waals surface area contributed by atoms with E-state index in [1.165, 1.54) is 31.2 Å². The van der Waals surface area contributed by atoms with Crippen molar-refractivity contribution in [1.29, 1.82) is 0 Å². The Labute approximate surface area is 158 Å². The van der Waals surface area contributed by atoms with Crippen molar-refractivity contribution in [3.05, 3.63) is 65.7 Å². The third kappa shape index (κ3) is 4.46. The standard InChI is InChI=1S/C23H32N2O/c1-18-12-14-21(15-13-18)24-23(2,20-10-7-11-22(26)16-20)25(3)17-19-8-5-4-6-9-19/h4-11,16,18,21,24,26H,12-15,17H2,1-3H3. The minimum atomic E-state index is -0.334. The predicted octanol–water partition coefficient (Wildman–Crippen LogP) is 4.87. The summed E-state index contributed by atoms with van der Waals surface area (Å²) in [5.74, 6) is 1.16. The van der Waals surface area contributed by atoms with E-state index in [0.717, 1.165) is 18.0 Å². The molecule has 1 saturated carbocycles. The molecule has 0 spiro atoms. The van der Waals surface area contributed by atoms with Crippen LogP contribution in [0.1, 0.15) is 50.7 Å². The molecule has 2 aromatic carbocycles. The van der Waals surface area contributed by atoms with E-state index in [1.54, 1.807) is 6.07 Å². The minimum Gasteiger partial charge on any atom is -0.508 e. The lowest BCUT2D eigenvalue weighted by Crippen LogP contribution is -2.56. The fourth-order valence-corrected chi connectivity index (χ4v) is 4.04. The van der Waals surface area contributed by atoms with Crippen LogP contribution in [0.4, 0.5) is 0 Å².